The van der Waals surface area contributed by atoms with E-state index in [1.54, 1.807) is 24.3 Å². The van der Waals surface area contributed by atoms with E-state index < -0.39 is 0 Å². The Balaban J connectivity index is 1.36. The van der Waals surface area contributed by atoms with Crippen molar-refractivity contribution < 1.29 is 14.4 Å². The van der Waals surface area contributed by atoms with Crippen LogP contribution < -0.4 is 15.5 Å². The Hall–Kier alpha value is -3.10. The number of nitrogens with zero attached hydrogens (tertiary/aromatic N) is 3. The van der Waals surface area contributed by atoms with Crippen molar-refractivity contribution >= 4 is 40.7 Å². The standard InChI is InChI=1S/C30H38ClN5O3/c31-25-9-4-8-23(20-25)29(38)35-15-5-14-34(18-19-35)27-11-10-24(30(39)36-16-12-32-13-17-36)21-26(27)33-28(37)22-6-2-1-3-7-22/h4,8-11,20-22,32H,1-3,5-7,12-19H2,(H,33,37). The summed E-state index contributed by atoms with van der Waals surface area (Å²) in [6, 6.07) is 12.7. The fraction of sp³-hybridized carbons (Fsp3) is 0.500. The minimum atomic E-state index is -0.0258. The number of anilines is 2. The first-order valence-electron chi connectivity index (χ1n) is 14.2. The van der Waals surface area contributed by atoms with Gasteiger partial charge in [0.15, 0.2) is 0 Å². The number of rotatable bonds is 5. The zero-order chi connectivity index (χ0) is 27.2. The van der Waals surface area contributed by atoms with E-state index in [1.165, 1.54) is 6.42 Å². The lowest BCUT2D eigenvalue weighted by atomic mass is 9.88. The molecule has 3 fully saturated rings. The van der Waals surface area contributed by atoms with Crippen molar-refractivity contribution in [1.82, 2.24) is 15.1 Å². The highest BCUT2D eigenvalue weighted by Crippen LogP contribution is 2.32. The molecule has 0 atom stereocenters. The van der Waals surface area contributed by atoms with E-state index in [2.05, 4.69) is 15.5 Å². The predicted molar refractivity (Wildman–Crippen MR) is 155 cm³/mol. The summed E-state index contributed by atoms with van der Waals surface area (Å²) in [5.41, 5.74) is 2.76. The lowest BCUT2D eigenvalue weighted by Crippen LogP contribution is -2.46. The topological polar surface area (TPSA) is 85.0 Å². The molecule has 1 saturated carbocycles. The van der Waals surface area contributed by atoms with E-state index in [0.717, 1.165) is 57.4 Å². The summed E-state index contributed by atoms with van der Waals surface area (Å²) in [7, 11) is 0. The van der Waals surface area contributed by atoms with Crippen LogP contribution in [-0.2, 0) is 4.79 Å². The minimum Gasteiger partial charge on any atom is -0.368 e. The van der Waals surface area contributed by atoms with Gasteiger partial charge in [-0.2, -0.15) is 0 Å². The van der Waals surface area contributed by atoms with Gasteiger partial charge in [0, 0.05) is 74.4 Å². The molecule has 0 aromatic heterocycles. The third kappa shape index (κ3) is 6.73. The third-order valence-corrected chi connectivity index (χ3v) is 8.31. The van der Waals surface area contributed by atoms with Crippen LogP contribution in [-0.4, -0.2) is 79.9 Å². The highest BCUT2D eigenvalue weighted by Gasteiger charge is 2.26. The summed E-state index contributed by atoms with van der Waals surface area (Å²) >= 11 is 6.12. The molecule has 9 heteroatoms. The number of nitrogens with one attached hydrogen (secondary N) is 2. The van der Waals surface area contributed by atoms with Gasteiger partial charge in [-0.3, -0.25) is 14.4 Å². The molecule has 39 heavy (non-hydrogen) atoms. The average Bonchev–Trinajstić information content (AvgIpc) is 3.23. The number of halogens is 1. The summed E-state index contributed by atoms with van der Waals surface area (Å²) < 4.78 is 0. The van der Waals surface area contributed by atoms with E-state index >= 15 is 0 Å². The fourth-order valence-electron chi connectivity index (χ4n) is 5.86. The van der Waals surface area contributed by atoms with Crippen molar-refractivity contribution in [2.45, 2.75) is 38.5 Å². The summed E-state index contributed by atoms with van der Waals surface area (Å²) in [5, 5.41) is 7.04. The molecule has 208 valence electrons. The predicted octanol–water partition coefficient (Wildman–Crippen LogP) is 4.26. The Kier molecular flexibility index (Phi) is 9.04. The lowest BCUT2D eigenvalue weighted by Gasteiger charge is -2.29. The van der Waals surface area contributed by atoms with Gasteiger partial charge in [0.2, 0.25) is 5.91 Å². The molecule has 0 spiro atoms. The fourth-order valence-corrected chi connectivity index (χ4v) is 6.05. The van der Waals surface area contributed by atoms with Gasteiger partial charge < -0.3 is 25.3 Å². The average molecular weight is 552 g/mol. The summed E-state index contributed by atoms with van der Waals surface area (Å²) in [4.78, 5) is 45.7. The molecule has 5 rings (SSSR count). The van der Waals surface area contributed by atoms with Crippen molar-refractivity contribution in [2.24, 2.45) is 5.92 Å². The minimum absolute atomic E-state index is 0.00840. The second-order valence-corrected chi connectivity index (χ2v) is 11.2. The molecule has 0 unspecified atom stereocenters. The Morgan fingerprint density at radius 1 is 0.769 bits per heavy atom. The zero-order valence-electron chi connectivity index (χ0n) is 22.5. The van der Waals surface area contributed by atoms with Crippen LogP contribution in [0.3, 0.4) is 0 Å². The van der Waals surface area contributed by atoms with Crippen LogP contribution in [0.4, 0.5) is 11.4 Å². The number of carbonyl (C=O) groups excluding carboxylic acids is 3. The van der Waals surface area contributed by atoms with Gasteiger partial charge in [0.1, 0.15) is 0 Å². The van der Waals surface area contributed by atoms with Gasteiger partial charge >= 0.3 is 0 Å². The number of amides is 3. The zero-order valence-corrected chi connectivity index (χ0v) is 23.2. The van der Waals surface area contributed by atoms with Gasteiger partial charge in [-0.05, 0) is 55.7 Å². The second kappa shape index (κ2) is 12.8. The monoisotopic (exact) mass is 551 g/mol. The van der Waals surface area contributed by atoms with Crippen molar-refractivity contribution in [3.05, 3.63) is 58.6 Å². The van der Waals surface area contributed by atoms with Crippen molar-refractivity contribution in [2.75, 3.05) is 62.6 Å². The molecule has 2 aromatic carbocycles. The van der Waals surface area contributed by atoms with Gasteiger partial charge in [-0.15, -0.1) is 0 Å². The second-order valence-electron chi connectivity index (χ2n) is 10.7. The molecule has 0 bridgehead atoms. The Bertz CT molecular complexity index is 1190. The Labute approximate surface area is 235 Å². The SMILES string of the molecule is O=C(Nc1cc(C(=O)N2CCNCC2)ccc1N1CCCN(C(=O)c2cccc(Cl)c2)CC1)C1CCCCC1. The van der Waals surface area contributed by atoms with E-state index in [0.29, 0.717) is 54.6 Å². The summed E-state index contributed by atoms with van der Waals surface area (Å²) in [6.07, 6.45) is 5.95. The molecule has 2 heterocycles. The number of benzene rings is 2. The van der Waals surface area contributed by atoms with Crippen LogP contribution >= 0.6 is 11.6 Å². The van der Waals surface area contributed by atoms with Crippen LogP contribution in [0.15, 0.2) is 42.5 Å². The maximum Gasteiger partial charge on any atom is 0.254 e. The van der Waals surface area contributed by atoms with Gasteiger partial charge in [-0.25, -0.2) is 0 Å². The molecular weight excluding hydrogens is 514 g/mol. The van der Waals surface area contributed by atoms with Crippen LogP contribution in [0.25, 0.3) is 0 Å². The van der Waals surface area contributed by atoms with Gasteiger partial charge in [-0.1, -0.05) is 36.9 Å². The van der Waals surface area contributed by atoms with Crippen LogP contribution in [0.1, 0.15) is 59.2 Å². The number of hydrogen-bond donors (Lipinski definition) is 2. The van der Waals surface area contributed by atoms with E-state index in [1.807, 2.05) is 28.0 Å². The quantitative estimate of drug-likeness (QED) is 0.580. The van der Waals surface area contributed by atoms with Crippen LogP contribution in [0, 0.1) is 5.92 Å². The van der Waals surface area contributed by atoms with Crippen molar-refractivity contribution in [3.8, 4) is 0 Å². The Morgan fingerprint density at radius 2 is 1.49 bits per heavy atom. The maximum absolute atomic E-state index is 13.3. The summed E-state index contributed by atoms with van der Waals surface area (Å²) in [6.45, 7) is 5.49. The smallest absolute Gasteiger partial charge is 0.254 e. The first-order valence-corrected chi connectivity index (χ1v) is 14.6. The molecule has 2 N–H and O–H groups in total. The first kappa shape index (κ1) is 27.5. The molecule has 0 radical (unpaired) electrons. The molecule has 2 saturated heterocycles. The van der Waals surface area contributed by atoms with Gasteiger partial charge in [0.25, 0.3) is 11.8 Å². The number of piperazine rings is 1. The molecule has 1 aliphatic carbocycles. The number of hydrogen-bond acceptors (Lipinski definition) is 5. The summed E-state index contributed by atoms with van der Waals surface area (Å²) in [5.74, 6) is 0.0110. The molecule has 3 aliphatic rings. The third-order valence-electron chi connectivity index (χ3n) is 8.08. The van der Waals surface area contributed by atoms with Crippen molar-refractivity contribution in [1.29, 1.82) is 0 Å². The molecular formula is C30H38ClN5O3. The lowest BCUT2D eigenvalue weighted by molar-refractivity contribution is -0.120. The first-order chi connectivity index (χ1) is 19.0. The maximum atomic E-state index is 13.3. The largest absolute Gasteiger partial charge is 0.368 e. The molecule has 2 aromatic rings. The normalized spacial score (nSPS) is 18.9. The highest BCUT2D eigenvalue weighted by atomic mass is 35.5. The Morgan fingerprint density at radius 3 is 2.23 bits per heavy atom. The number of carbonyl (C=O) groups is 3. The van der Waals surface area contributed by atoms with Gasteiger partial charge in [0.05, 0.1) is 11.4 Å². The van der Waals surface area contributed by atoms with E-state index in [9.17, 15) is 14.4 Å². The van der Waals surface area contributed by atoms with Crippen LogP contribution in [0.2, 0.25) is 5.02 Å². The molecule has 3 amide bonds. The van der Waals surface area contributed by atoms with Crippen molar-refractivity contribution in [3.63, 3.8) is 0 Å². The highest BCUT2D eigenvalue weighted by molar-refractivity contribution is 6.31. The van der Waals surface area contributed by atoms with Crippen LogP contribution in [0.5, 0.6) is 0 Å². The van der Waals surface area contributed by atoms with E-state index in [-0.39, 0.29) is 23.6 Å². The molecule has 8 nitrogen and oxygen atoms in total. The molecule has 2 aliphatic heterocycles. The van der Waals surface area contributed by atoms with E-state index in [4.69, 9.17) is 11.6 Å².